The summed E-state index contributed by atoms with van der Waals surface area (Å²) in [6, 6.07) is 7.53. The minimum Gasteiger partial charge on any atom is -0.345 e. The molecule has 0 radical (unpaired) electrons. The lowest BCUT2D eigenvalue weighted by molar-refractivity contribution is 0.0827. The van der Waals surface area contributed by atoms with Crippen molar-refractivity contribution >= 4 is 52.3 Å². The maximum absolute atomic E-state index is 12.3. The van der Waals surface area contributed by atoms with Crippen molar-refractivity contribution in [1.29, 1.82) is 0 Å². The second-order valence-electron chi connectivity index (χ2n) is 4.82. The first-order valence-corrected chi connectivity index (χ1v) is 7.57. The van der Waals surface area contributed by atoms with E-state index in [4.69, 9.17) is 34.8 Å². The predicted molar refractivity (Wildman–Crippen MR) is 91.7 cm³/mol. The number of nitrogens with one attached hydrogen (secondary N) is 1. The molecular formula is C15H12Cl3N3O2. The molecule has 8 heteroatoms. The molecule has 2 amide bonds. The maximum Gasteiger partial charge on any atom is 0.258 e. The van der Waals surface area contributed by atoms with Crippen LogP contribution in [0.5, 0.6) is 0 Å². The zero-order valence-electron chi connectivity index (χ0n) is 12.2. The van der Waals surface area contributed by atoms with Gasteiger partial charge in [-0.1, -0.05) is 34.8 Å². The lowest BCUT2D eigenvalue weighted by Crippen LogP contribution is -2.22. The summed E-state index contributed by atoms with van der Waals surface area (Å²) in [4.78, 5) is 29.5. The highest BCUT2D eigenvalue weighted by Gasteiger charge is 2.16. The summed E-state index contributed by atoms with van der Waals surface area (Å²) in [5, 5.41) is 3.07. The maximum atomic E-state index is 12.3. The van der Waals surface area contributed by atoms with E-state index in [0.717, 1.165) is 0 Å². The molecule has 120 valence electrons. The summed E-state index contributed by atoms with van der Waals surface area (Å²) >= 11 is 17.7. The highest BCUT2D eigenvalue weighted by molar-refractivity contribution is 6.36. The van der Waals surface area contributed by atoms with Gasteiger partial charge in [-0.3, -0.25) is 9.59 Å². The van der Waals surface area contributed by atoms with Gasteiger partial charge in [0.1, 0.15) is 10.3 Å². The van der Waals surface area contributed by atoms with E-state index in [1.54, 1.807) is 20.2 Å². The number of hydrogen-bond donors (Lipinski definition) is 1. The largest absolute Gasteiger partial charge is 0.345 e. The predicted octanol–water partition coefficient (Wildman–Crippen LogP) is 4.00. The molecule has 0 aliphatic rings. The highest BCUT2D eigenvalue weighted by atomic mass is 35.5. The van der Waals surface area contributed by atoms with Crippen LogP contribution in [0.25, 0.3) is 0 Å². The average molecular weight is 373 g/mol. The van der Waals surface area contributed by atoms with Crippen LogP contribution in [0.4, 0.5) is 5.69 Å². The van der Waals surface area contributed by atoms with Crippen molar-refractivity contribution in [2.45, 2.75) is 0 Å². The topological polar surface area (TPSA) is 62.3 Å². The van der Waals surface area contributed by atoms with Gasteiger partial charge in [0, 0.05) is 19.7 Å². The molecule has 0 atom stereocenters. The monoisotopic (exact) mass is 371 g/mol. The third-order valence-corrected chi connectivity index (χ3v) is 3.76. The number of carbonyl (C=O) groups excluding carboxylic acids is 2. The number of nitrogens with zero attached hydrogens (tertiary/aromatic N) is 2. The minimum absolute atomic E-state index is 0.0216. The van der Waals surface area contributed by atoms with Crippen LogP contribution in [0.15, 0.2) is 30.3 Å². The molecule has 23 heavy (non-hydrogen) atoms. The molecule has 2 rings (SSSR count). The minimum atomic E-state index is -0.504. The smallest absolute Gasteiger partial charge is 0.258 e. The van der Waals surface area contributed by atoms with E-state index in [0.29, 0.717) is 16.3 Å². The van der Waals surface area contributed by atoms with E-state index >= 15 is 0 Å². The van der Waals surface area contributed by atoms with Crippen LogP contribution in [0.1, 0.15) is 20.7 Å². The number of hydrogen-bond acceptors (Lipinski definition) is 3. The molecule has 0 aliphatic carbocycles. The lowest BCUT2D eigenvalue weighted by Gasteiger charge is -2.13. The van der Waals surface area contributed by atoms with Gasteiger partial charge < -0.3 is 10.2 Å². The fourth-order valence-corrected chi connectivity index (χ4v) is 2.38. The Kier molecular flexibility index (Phi) is 5.46. The Morgan fingerprint density at radius 3 is 2.39 bits per heavy atom. The summed E-state index contributed by atoms with van der Waals surface area (Å²) in [7, 11) is 3.27. The van der Waals surface area contributed by atoms with Gasteiger partial charge in [-0.15, -0.1) is 0 Å². The number of benzene rings is 1. The number of carbonyl (C=O) groups is 2. The Morgan fingerprint density at radius 1 is 1.09 bits per heavy atom. The Bertz CT molecular complexity index is 779. The normalized spacial score (nSPS) is 10.3. The number of aromatic nitrogens is 1. The van der Waals surface area contributed by atoms with E-state index in [9.17, 15) is 9.59 Å². The van der Waals surface area contributed by atoms with Gasteiger partial charge in [-0.2, -0.15) is 0 Å². The van der Waals surface area contributed by atoms with Crippen LogP contribution in [0.3, 0.4) is 0 Å². The van der Waals surface area contributed by atoms with Crippen molar-refractivity contribution in [2.75, 3.05) is 19.4 Å². The Hall–Kier alpha value is -1.82. The first-order valence-electron chi connectivity index (χ1n) is 6.44. The quantitative estimate of drug-likeness (QED) is 0.829. The van der Waals surface area contributed by atoms with Crippen LogP contribution >= 0.6 is 34.8 Å². The van der Waals surface area contributed by atoms with E-state index in [1.807, 2.05) is 0 Å². The fraction of sp³-hybridized carbons (Fsp3) is 0.133. The molecular weight excluding hydrogens is 361 g/mol. The molecule has 1 heterocycles. The molecule has 0 saturated heterocycles. The molecule has 0 bridgehead atoms. The van der Waals surface area contributed by atoms with Crippen molar-refractivity contribution in [1.82, 2.24) is 9.88 Å². The lowest BCUT2D eigenvalue weighted by atomic mass is 10.1. The van der Waals surface area contributed by atoms with Gasteiger partial charge in [-0.05, 0) is 30.3 Å². The van der Waals surface area contributed by atoms with Crippen LogP contribution in [0.2, 0.25) is 15.3 Å². The molecule has 0 spiro atoms. The Labute approximate surface area is 148 Å². The zero-order chi connectivity index (χ0) is 17.1. The van der Waals surface area contributed by atoms with Crippen LogP contribution < -0.4 is 5.32 Å². The molecule has 0 fully saturated rings. The molecule has 1 N–H and O–H groups in total. The number of pyridine rings is 1. The van der Waals surface area contributed by atoms with Gasteiger partial charge >= 0.3 is 0 Å². The van der Waals surface area contributed by atoms with Crippen molar-refractivity contribution in [3.63, 3.8) is 0 Å². The van der Waals surface area contributed by atoms with Crippen molar-refractivity contribution < 1.29 is 9.59 Å². The van der Waals surface area contributed by atoms with Gasteiger partial charge in [0.15, 0.2) is 0 Å². The van der Waals surface area contributed by atoms with Crippen LogP contribution in [-0.4, -0.2) is 35.8 Å². The van der Waals surface area contributed by atoms with E-state index in [-0.39, 0.29) is 21.8 Å². The van der Waals surface area contributed by atoms with E-state index < -0.39 is 5.91 Å². The SMILES string of the molecule is CN(C)C(=O)c1ccc(Cl)c(NC(=O)c2ccc(Cl)nc2Cl)c1. The molecule has 0 unspecified atom stereocenters. The number of anilines is 1. The summed E-state index contributed by atoms with van der Waals surface area (Å²) in [5.41, 5.74) is 0.849. The summed E-state index contributed by atoms with van der Waals surface area (Å²) in [5.74, 6) is -0.709. The molecule has 1 aromatic heterocycles. The highest BCUT2D eigenvalue weighted by Crippen LogP contribution is 2.25. The first-order chi connectivity index (χ1) is 10.8. The van der Waals surface area contributed by atoms with Crippen molar-refractivity contribution in [3.8, 4) is 0 Å². The molecule has 0 aliphatic heterocycles. The third-order valence-electron chi connectivity index (χ3n) is 2.93. The second-order valence-corrected chi connectivity index (χ2v) is 5.97. The summed E-state index contributed by atoms with van der Waals surface area (Å²) in [6.07, 6.45) is 0. The molecule has 2 aromatic rings. The van der Waals surface area contributed by atoms with Gasteiger partial charge in [0.25, 0.3) is 11.8 Å². The van der Waals surface area contributed by atoms with Crippen LogP contribution in [0, 0.1) is 0 Å². The second kappa shape index (κ2) is 7.17. The average Bonchev–Trinajstić information content (AvgIpc) is 2.48. The third kappa shape index (κ3) is 4.13. The van der Waals surface area contributed by atoms with Crippen LogP contribution in [-0.2, 0) is 0 Å². The Balaban J connectivity index is 2.30. The van der Waals surface area contributed by atoms with E-state index in [1.165, 1.54) is 29.2 Å². The first kappa shape index (κ1) is 17.5. The van der Waals surface area contributed by atoms with Gasteiger partial charge in [0.05, 0.1) is 16.3 Å². The molecule has 0 saturated carbocycles. The molecule has 5 nitrogen and oxygen atoms in total. The summed E-state index contributed by atoms with van der Waals surface area (Å²) < 4.78 is 0. The van der Waals surface area contributed by atoms with Gasteiger partial charge in [0.2, 0.25) is 0 Å². The van der Waals surface area contributed by atoms with E-state index in [2.05, 4.69) is 10.3 Å². The fourth-order valence-electron chi connectivity index (χ4n) is 1.78. The number of halogens is 3. The number of amides is 2. The standard InChI is InChI=1S/C15H12Cl3N3O2/c1-21(2)15(23)8-3-5-10(16)11(7-8)19-14(22)9-4-6-12(17)20-13(9)18/h3-7H,1-2H3,(H,19,22). The van der Waals surface area contributed by atoms with Crippen molar-refractivity contribution in [3.05, 3.63) is 56.8 Å². The van der Waals surface area contributed by atoms with Gasteiger partial charge in [-0.25, -0.2) is 4.98 Å². The Morgan fingerprint density at radius 2 is 1.78 bits per heavy atom. The number of rotatable bonds is 3. The zero-order valence-corrected chi connectivity index (χ0v) is 14.5. The summed E-state index contributed by atoms with van der Waals surface area (Å²) in [6.45, 7) is 0. The molecule has 1 aromatic carbocycles. The van der Waals surface area contributed by atoms with Crippen molar-refractivity contribution in [2.24, 2.45) is 0 Å².